The Morgan fingerprint density at radius 1 is 1.36 bits per heavy atom. The second-order valence-electron chi connectivity index (χ2n) is 7.54. The highest BCUT2D eigenvalue weighted by molar-refractivity contribution is 7.80. The Kier molecular flexibility index (Phi) is 6.56. The summed E-state index contributed by atoms with van der Waals surface area (Å²) >= 11 is 11.4. The number of nitrogens with one attached hydrogen (secondary N) is 1. The Morgan fingerprint density at radius 3 is 2.73 bits per heavy atom. The van der Waals surface area contributed by atoms with Gasteiger partial charge < -0.3 is 24.3 Å². The fourth-order valence-electron chi connectivity index (χ4n) is 4.50. The molecule has 4 rings (SSSR count). The first-order valence-electron chi connectivity index (χ1n) is 10.0. The summed E-state index contributed by atoms with van der Waals surface area (Å²) in [4.78, 5) is 20.7. The minimum Gasteiger partial charge on any atom is -0.364 e. The number of methoxy groups -OCH3 is 1. The summed E-state index contributed by atoms with van der Waals surface area (Å²) in [5.41, 5.74) is 5.62. The van der Waals surface area contributed by atoms with E-state index in [4.69, 9.17) is 30.5 Å². The Balaban J connectivity index is 2.00. The molecule has 2 unspecified atom stereocenters. The predicted octanol–water partition coefficient (Wildman–Crippen LogP) is 3.05. The number of aromatic nitrogens is 1. The molecule has 0 aliphatic carbocycles. The predicted molar refractivity (Wildman–Crippen MR) is 121 cm³/mol. The summed E-state index contributed by atoms with van der Waals surface area (Å²) in [5.74, 6) is -0.647. The number of halogens is 1. The molecule has 1 aromatic carbocycles. The van der Waals surface area contributed by atoms with Crippen LogP contribution >= 0.6 is 24.2 Å². The van der Waals surface area contributed by atoms with Gasteiger partial charge in [-0.1, -0.05) is 53.1 Å². The van der Waals surface area contributed by atoms with E-state index in [9.17, 15) is 10.3 Å². The molecule has 3 heterocycles. The number of carbonyl (C=O) groups is 1. The van der Waals surface area contributed by atoms with Crippen LogP contribution in [0.4, 0.5) is 0 Å². The van der Waals surface area contributed by atoms with Crippen LogP contribution in [-0.2, 0) is 29.3 Å². The first-order chi connectivity index (χ1) is 15.9. The molecule has 0 spiro atoms. The van der Waals surface area contributed by atoms with Gasteiger partial charge in [-0.2, -0.15) is 0 Å². The summed E-state index contributed by atoms with van der Waals surface area (Å²) in [6, 6.07) is 12.4. The lowest BCUT2D eigenvalue weighted by Gasteiger charge is -2.60. The number of rotatable bonds is 5. The Labute approximate surface area is 200 Å². The van der Waals surface area contributed by atoms with Gasteiger partial charge in [0.15, 0.2) is 17.0 Å². The van der Waals surface area contributed by atoms with Gasteiger partial charge >= 0.3 is 0 Å². The smallest absolute Gasteiger partial charge is 0.256 e. The van der Waals surface area contributed by atoms with Crippen LogP contribution in [0, 0.1) is 0 Å². The quantitative estimate of drug-likeness (QED) is 0.217. The van der Waals surface area contributed by atoms with Crippen molar-refractivity contribution < 1.29 is 23.7 Å². The number of likely N-dealkylation sites (N-methyl/N-ethyl adjacent to an activating group) is 1. The molecular formula is C21H22ClN5O5S. The number of carbonyl (C=O) groups excluding carboxylic acids is 1. The van der Waals surface area contributed by atoms with Gasteiger partial charge in [0.1, 0.15) is 17.1 Å². The minimum atomic E-state index is -1.98. The molecular weight excluding hydrogens is 470 g/mol. The molecule has 2 fully saturated rings. The van der Waals surface area contributed by atoms with Crippen molar-refractivity contribution >= 4 is 30.1 Å². The zero-order chi connectivity index (χ0) is 23.7. The van der Waals surface area contributed by atoms with Crippen molar-refractivity contribution in [3.05, 3.63) is 76.4 Å². The number of ether oxygens (including phenoxy) is 4. The summed E-state index contributed by atoms with van der Waals surface area (Å²) in [6.07, 6.45) is 0.883. The van der Waals surface area contributed by atoms with Gasteiger partial charge in [-0.05, 0) is 17.2 Å². The monoisotopic (exact) mass is 491 g/mol. The van der Waals surface area contributed by atoms with Gasteiger partial charge in [0, 0.05) is 37.0 Å². The molecule has 2 aromatic rings. The summed E-state index contributed by atoms with van der Waals surface area (Å²) in [5, 5.41) is 5.04. The molecule has 33 heavy (non-hydrogen) atoms. The maximum Gasteiger partial charge on any atom is 0.256 e. The maximum atomic E-state index is 13.4. The van der Waals surface area contributed by atoms with Gasteiger partial charge in [-0.15, -0.1) is 12.6 Å². The average molecular weight is 492 g/mol. The largest absolute Gasteiger partial charge is 0.364 e. The molecule has 2 saturated heterocycles. The molecule has 1 amide bonds. The topological polar surface area (TPSA) is 128 Å². The Hall–Kier alpha value is -2.37. The van der Waals surface area contributed by atoms with E-state index >= 15 is 0 Å². The molecule has 0 saturated carbocycles. The van der Waals surface area contributed by atoms with Crippen LogP contribution in [0.15, 0.2) is 60.0 Å². The SMILES string of the molecule is CNC(=O)[C@]1(OC)[C@@H](S)O[C@@]2(Cl)COC(c3ccccc3)O[C@@H]2C1(N=[N+]=[N-])c1cccnc1. The van der Waals surface area contributed by atoms with E-state index in [2.05, 4.69) is 33.0 Å². The first-order valence-corrected chi connectivity index (χ1v) is 10.9. The summed E-state index contributed by atoms with van der Waals surface area (Å²) in [6.45, 7) is -0.146. The number of hydrogen-bond donors (Lipinski definition) is 2. The van der Waals surface area contributed by atoms with Crippen LogP contribution in [0.5, 0.6) is 0 Å². The number of benzene rings is 1. The number of azide groups is 1. The fraction of sp³-hybridized carbons (Fsp3) is 0.429. The highest BCUT2D eigenvalue weighted by Gasteiger charge is 2.75. The highest BCUT2D eigenvalue weighted by Crippen LogP contribution is 2.58. The van der Waals surface area contributed by atoms with Crippen molar-refractivity contribution in [1.29, 1.82) is 0 Å². The highest BCUT2D eigenvalue weighted by atomic mass is 35.5. The number of alkyl halides is 1. The lowest BCUT2D eigenvalue weighted by molar-refractivity contribution is -0.345. The molecule has 174 valence electrons. The molecule has 6 atom stereocenters. The second-order valence-corrected chi connectivity index (χ2v) is 8.65. The third-order valence-electron chi connectivity index (χ3n) is 5.95. The number of nitrogens with zero attached hydrogens (tertiary/aromatic N) is 4. The molecule has 2 aliphatic rings. The number of amides is 1. The van der Waals surface area contributed by atoms with Crippen molar-refractivity contribution in [1.82, 2.24) is 10.3 Å². The molecule has 12 heteroatoms. The normalized spacial score (nSPS) is 35.7. The zero-order valence-electron chi connectivity index (χ0n) is 17.8. The van der Waals surface area contributed by atoms with Gasteiger partial charge in [0.2, 0.25) is 0 Å². The van der Waals surface area contributed by atoms with Crippen molar-refractivity contribution in [3.8, 4) is 0 Å². The van der Waals surface area contributed by atoms with E-state index in [0.29, 0.717) is 11.1 Å². The Morgan fingerprint density at radius 2 is 2.12 bits per heavy atom. The maximum absolute atomic E-state index is 13.4. The number of fused-ring (bicyclic) bond motifs is 1. The number of pyridine rings is 1. The van der Waals surface area contributed by atoms with E-state index in [1.165, 1.54) is 20.4 Å². The van der Waals surface area contributed by atoms with E-state index in [-0.39, 0.29) is 6.61 Å². The lowest BCUT2D eigenvalue weighted by atomic mass is 9.67. The third-order valence-corrected chi connectivity index (χ3v) is 6.81. The van der Waals surface area contributed by atoms with E-state index in [1.54, 1.807) is 18.3 Å². The lowest BCUT2D eigenvalue weighted by Crippen LogP contribution is -2.79. The molecule has 0 radical (unpaired) electrons. The van der Waals surface area contributed by atoms with Crippen LogP contribution in [0.3, 0.4) is 0 Å². The zero-order valence-corrected chi connectivity index (χ0v) is 19.4. The van der Waals surface area contributed by atoms with Gasteiger partial charge in [-0.3, -0.25) is 9.78 Å². The van der Waals surface area contributed by atoms with Crippen molar-refractivity contribution in [2.75, 3.05) is 20.8 Å². The molecule has 1 aromatic heterocycles. The standard InChI is InChI=1S/C21H22ClN5O5S/c1-24-17(28)21(29-2)18(33)32-19(22)12-30-15(13-7-4-3-5-8-13)31-16(19)20(21,26-27-23)14-9-6-10-25-11-14/h3-11,15-16,18,33H,12H2,1-2H3,(H,24,28)/t15?,16-,18+,19-,20?,21-/m0/s1. The second kappa shape index (κ2) is 9.11. The van der Waals surface area contributed by atoms with Gasteiger partial charge in [0.05, 0.1) is 6.61 Å². The van der Waals surface area contributed by atoms with Crippen LogP contribution in [-0.4, -0.2) is 53.9 Å². The minimum absolute atomic E-state index is 0.146. The summed E-state index contributed by atoms with van der Waals surface area (Å²) in [7, 11) is 2.73. The van der Waals surface area contributed by atoms with Gasteiger partial charge in [-0.25, -0.2) is 0 Å². The van der Waals surface area contributed by atoms with E-state index < -0.39 is 39.9 Å². The van der Waals surface area contributed by atoms with Crippen LogP contribution in [0.1, 0.15) is 17.4 Å². The molecule has 2 aliphatic heterocycles. The third kappa shape index (κ3) is 3.48. The molecule has 10 nitrogen and oxygen atoms in total. The number of thiol groups is 1. The first kappa shape index (κ1) is 23.8. The molecule has 0 bridgehead atoms. The van der Waals surface area contributed by atoms with E-state index in [0.717, 1.165) is 0 Å². The van der Waals surface area contributed by atoms with Crippen molar-refractivity contribution in [2.24, 2.45) is 5.11 Å². The van der Waals surface area contributed by atoms with Crippen LogP contribution in [0.25, 0.3) is 10.4 Å². The fourth-order valence-corrected chi connectivity index (χ4v) is 5.53. The van der Waals surface area contributed by atoms with Crippen molar-refractivity contribution in [2.45, 2.75) is 34.0 Å². The van der Waals surface area contributed by atoms with Crippen LogP contribution in [0.2, 0.25) is 0 Å². The van der Waals surface area contributed by atoms with E-state index in [1.807, 2.05) is 30.3 Å². The van der Waals surface area contributed by atoms with Gasteiger partial charge in [0.25, 0.3) is 5.91 Å². The molecule has 1 N–H and O–H groups in total. The average Bonchev–Trinajstić information content (AvgIpc) is 2.84. The van der Waals surface area contributed by atoms with Crippen LogP contribution < -0.4 is 5.32 Å². The summed E-state index contributed by atoms with van der Waals surface area (Å²) < 4.78 is 24.0. The van der Waals surface area contributed by atoms with Crippen molar-refractivity contribution in [3.63, 3.8) is 0 Å². The Bertz CT molecular complexity index is 1060. The number of hydrogen-bond acceptors (Lipinski definition) is 8.